The van der Waals surface area contributed by atoms with Crippen molar-refractivity contribution in [3.05, 3.63) is 74.9 Å². The summed E-state index contributed by atoms with van der Waals surface area (Å²) in [7, 11) is 0. The molecule has 0 bridgehead atoms. The summed E-state index contributed by atoms with van der Waals surface area (Å²) >= 11 is 0. The second kappa shape index (κ2) is 9.89. The smallest absolute Gasteiger partial charge is 0 e. The second-order valence-corrected chi connectivity index (χ2v) is 2.31. The van der Waals surface area contributed by atoms with Crippen LogP contribution in [0.3, 0.4) is 0 Å². The van der Waals surface area contributed by atoms with Gasteiger partial charge >= 0.3 is 0 Å². The Bertz CT molecular complexity index is 130. The van der Waals surface area contributed by atoms with E-state index in [4.69, 9.17) is 0 Å². The van der Waals surface area contributed by atoms with Gasteiger partial charge in [-0.1, -0.05) is 36.4 Å². The zero-order valence-electron chi connectivity index (χ0n) is 7.38. The van der Waals surface area contributed by atoms with Crippen LogP contribution < -0.4 is 0 Å². The summed E-state index contributed by atoms with van der Waals surface area (Å²) in [6.45, 7) is 0. The Morgan fingerprint density at radius 3 is 0.692 bits per heavy atom. The van der Waals surface area contributed by atoms with Gasteiger partial charge in [0.1, 0.15) is 0 Å². The third-order valence-corrected chi connectivity index (χ3v) is 1.33. The predicted octanol–water partition coefficient (Wildman–Crippen LogP) is 2.91. The molecule has 1 aliphatic carbocycles. The van der Waals surface area contributed by atoms with Crippen LogP contribution in [0.1, 0.15) is 0 Å². The minimum absolute atomic E-state index is 0. The molecule has 0 nitrogen and oxygen atoms in total. The summed E-state index contributed by atoms with van der Waals surface area (Å²) in [5.41, 5.74) is 0. The third-order valence-electron chi connectivity index (χ3n) is 1.33. The zero-order chi connectivity index (χ0) is 8.49. The number of hydrogen-bond acceptors (Lipinski definition) is 0. The van der Waals surface area contributed by atoms with E-state index in [2.05, 4.69) is 0 Å². The number of benzene rings is 1. The molecule has 1 fully saturated rings. The molecule has 0 unspecified atom stereocenters. The Labute approximate surface area is 93.6 Å². The molecule has 1 aromatic rings. The van der Waals surface area contributed by atoms with Gasteiger partial charge in [-0.3, -0.25) is 0 Å². The zero-order valence-corrected chi connectivity index (χ0v) is 8.77. The molecule has 13 heavy (non-hydrogen) atoms. The minimum Gasteiger partial charge on any atom is -0.726 e. The molecule has 0 atom stereocenters. The maximum absolute atomic E-state index is 2.00. The van der Waals surface area contributed by atoms with E-state index in [1.807, 2.05) is 74.9 Å². The number of hydrogen-bond donors (Lipinski definition) is 0. The molecule has 0 amide bonds. The molecule has 1 heteroatoms. The average Bonchev–Trinajstić information content (AvgIpc) is 2.24. The van der Waals surface area contributed by atoms with Crippen molar-refractivity contribution in [1.29, 1.82) is 0 Å². The molecule has 0 aliphatic heterocycles. The van der Waals surface area contributed by atoms with Gasteiger partial charge in [-0.15, -0.1) is 0 Å². The molecule has 1 saturated carbocycles. The van der Waals surface area contributed by atoms with E-state index in [0.29, 0.717) is 0 Å². The van der Waals surface area contributed by atoms with E-state index in [0.717, 1.165) is 0 Å². The largest absolute Gasteiger partial charge is 0.726 e. The van der Waals surface area contributed by atoms with Crippen molar-refractivity contribution < 1.29 is 18.6 Å². The first-order chi connectivity index (χ1) is 6.00. The fourth-order valence-corrected chi connectivity index (χ4v) is 0.770. The maximum atomic E-state index is 2.00. The van der Waals surface area contributed by atoms with Gasteiger partial charge in [0, 0.05) is 18.6 Å². The van der Waals surface area contributed by atoms with Crippen LogP contribution in [0.4, 0.5) is 0 Å². The number of rotatable bonds is 0. The van der Waals surface area contributed by atoms with Crippen LogP contribution in [0.2, 0.25) is 0 Å². The second-order valence-electron chi connectivity index (χ2n) is 2.31. The Hall–Kier alpha value is -0.196. The standard InChI is InChI=1S/2C6H6.V/c2*1-2-4-6-5-3-1;/h2*1-6H;/q;-6;. The monoisotopic (exact) mass is 207 g/mol. The Morgan fingerprint density at radius 2 is 0.538 bits per heavy atom. The SMILES string of the molecule is [CH-]1[CH-][CH-][CH-][CH-][CH-]1.[V].c1ccccc1. The molecule has 1 radical (unpaired) electrons. The molecule has 1 aliphatic rings. The minimum atomic E-state index is 0. The fraction of sp³-hybridized carbons (Fsp3) is 0. The van der Waals surface area contributed by atoms with E-state index < -0.39 is 0 Å². The molecule has 0 spiro atoms. The average molecular weight is 207 g/mol. The van der Waals surface area contributed by atoms with Gasteiger partial charge in [0.25, 0.3) is 0 Å². The van der Waals surface area contributed by atoms with Crippen molar-refractivity contribution in [2.75, 3.05) is 0 Å². The van der Waals surface area contributed by atoms with Crippen LogP contribution in [0, 0.1) is 38.5 Å². The molecule has 0 saturated heterocycles. The van der Waals surface area contributed by atoms with Gasteiger partial charge in [0.15, 0.2) is 0 Å². The van der Waals surface area contributed by atoms with E-state index in [1.54, 1.807) is 0 Å². The first kappa shape index (κ1) is 12.8. The molecule has 0 heterocycles. The maximum Gasteiger partial charge on any atom is 0 e. The molecule has 0 aromatic heterocycles. The molecular formula is C12H12V-6. The van der Waals surface area contributed by atoms with E-state index in [-0.39, 0.29) is 18.6 Å². The first-order valence-corrected chi connectivity index (χ1v) is 4.00. The van der Waals surface area contributed by atoms with Crippen LogP contribution >= 0.6 is 0 Å². The molecule has 2 rings (SSSR count). The van der Waals surface area contributed by atoms with Crippen LogP contribution in [-0.2, 0) is 18.6 Å². The molecular weight excluding hydrogens is 195 g/mol. The first-order valence-electron chi connectivity index (χ1n) is 4.00. The normalized spacial score (nSPS) is 14.8. The van der Waals surface area contributed by atoms with Crippen LogP contribution in [0.5, 0.6) is 0 Å². The summed E-state index contributed by atoms with van der Waals surface area (Å²) < 4.78 is 0. The summed E-state index contributed by atoms with van der Waals surface area (Å²) in [4.78, 5) is 0. The fourth-order valence-electron chi connectivity index (χ4n) is 0.770. The van der Waals surface area contributed by atoms with E-state index in [9.17, 15) is 0 Å². The van der Waals surface area contributed by atoms with Crippen LogP contribution in [0.15, 0.2) is 36.4 Å². The van der Waals surface area contributed by atoms with Gasteiger partial charge < -0.3 is 38.5 Å². The Morgan fingerprint density at radius 1 is 0.385 bits per heavy atom. The molecule has 1 aromatic carbocycles. The van der Waals surface area contributed by atoms with Crippen LogP contribution in [0.25, 0.3) is 0 Å². The van der Waals surface area contributed by atoms with Gasteiger partial charge in [0.05, 0.1) is 0 Å². The Kier molecular flexibility index (Phi) is 9.74. The molecule has 71 valence electrons. The van der Waals surface area contributed by atoms with Crippen molar-refractivity contribution in [1.82, 2.24) is 0 Å². The van der Waals surface area contributed by atoms with Gasteiger partial charge in [0.2, 0.25) is 0 Å². The van der Waals surface area contributed by atoms with Crippen molar-refractivity contribution >= 4 is 0 Å². The van der Waals surface area contributed by atoms with Gasteiger partial charge in [-0.05, 0) is 0 Å². The third kappa shape index (κ3) is 8.14. The van der Waals surface area contributed by atoms with Crippen molar-refractivity contribution in [2.45, 2.75) is 0 Å². The summed E-state index contributed by atoms with van der Waals surface area (Å²) in [6.07, 6.45) is 12.0. The summed E-state index contributed by atoms with van der Waals surface area (Å²) in [5, 5.41) is 0. The van der Waals surface area contributed by atoms with Crippen LogP contribution in [-0.4, -0.2) is 0 Å². The molecule has 0 N–H and O–H groups in total. The summed E-state index contributed by atoms with van der Waals surface area (Å²) in [6, 6.07) is 12.0. The summed E-state index contributed by atoms with van der Waals surface area (Å²) in [5.74, 6) is 0. The Balaban J connectivity index is 0.000000206. The quantitative estimate of drug-likeness (QED) is 0.574. The van der Waals surface area contributed by atoms with Crippen molar-refractivity contribution in [3.8, 4) is 0 Å². The van der Waals surface area contributed by atoms with Gasteiger partial charge in [-0.25, -0.2) is 0 Å². The van der Waals surface area contributed by atoms with Crippen molar-refractivity contribution in [2.24, 2.45) is 0 Å². The topological polar surface area (TPSA) is 0 Å². The van der Waals surface area contributed by atoms with Crippen molar-refractivity contribution in [3.63, 3.8) is 0 Å². The van der Waals surface area contributed by atoms with Gasteiger partial charge in [-0.2, -0.15) is 0 Å². The predicted molar refractivity (Wildman–Crippen MR) is 52.2 cm³/mol. The van der Waals surface area contributed by atoms with E-state index in [1.165, 1.54) is 0 Å². The van der Waals surface area contributed by atoms with E-state index >= 15 is 0 Å².